The summed E-state index contributed by atoms with van der Waals surface area (Å²) in [5.74, 6) is 0. The minimum absolute atomic E-state index is 0.745. The topological polar surface area (TPSA) is 9.23 Å². The maximum absolute atomic E-state index is 5.64. The van der Waals surface area contributed by atoms with Gasteiger partial charge in [0.15, 0.2) is 0 Å². The summed E-state index contributed by atoms with van der Waals surface area (Å²) < 4.78 is 5.64. The summed E-state index contributed by atoms with van der Waals surface area (Å²) in [6.45, 7) is 5.93. The number of hydrogen-bond acceptors (Lipinski definition) is 1. The summed E-state index contributed by atoms with van der Waals surface area (Å²) in [5, 5.41) is 0. The largest absolute Gasteiger partial charge is 0.377 e. The summed E-state index contributed by atoms with van der Waals surface area (Å²) in [5.41, 5.74) is 2.76. The van der Waals surface area contributed by atoms with Crippen molar-refractivity contribution in [3.05, 3.63) is 47.5 Å². The second-order valence-electron chi connectivity index (χ2n) is 4.48. The summed E-state index contributed by atoms with van der Waals surface area (Å²) in [6, 6.07) is 10.4. The maximum atomic E-state index is 5.64. The lowest BCUT2D eigenvalue weighted by molar-refractivity contribution is 0.117. The second kappa shape index (κ2) is 9.00. The quantitative estimate of drug-likeness (QED) is 0.465. The Morgan fingerprint density at radius 2 is 1.88 bits per heavy atom. The lowest BCUT2D eigenvalue weighted by atomic mass is 10.1. The molecule has 0 N–H and O–H groups in total. The van der Waals surface area contributed by atoms with Crippen LogP contribution >= 0.6 is 0 Å². The zero-order valence-corrected chi connectivity index (χ0v) is 11.1. The van der Waals surface area contributed by atoms with Crippen molar-refractivity contribution in [3.8, 4) is 0 Å². The van der Waals surface area contributed by atoms with Gasteiger partial charge in [0.25, 0.3) is 0 Å². The molecular weight excluding hydrogens is 208 g/mol. The highest BCUT2D eigenvalue weighted by Gasteiger charge is 1.93. The highest BCUT2D eigenvalue weighted by Crippen LogP contribution is 2.08. The van der Waals surface area contributed by atoms with Gasteiger partial charge in [0.1, 0.15) is 0 Å². The average Bonchev–Trinajstić information content (AvgIpc) is 2.38. The Kier molecular flexibility index (Phi) is 7.40. The molecular formula is C16H24O. The number of rotatable bonds is 8. The second-order valence-corrected chi connectivity index (χ2v) is 4.48. The highest BCUT2D eigenvalue weighted by molar-refractivity contribution is 5.13. The third kappa shape index (κ3) is 6.96. The van der Waals surface area contributed by atoms with Crippen LogP contribution in [0.15, 0.2) is 42.0 Å². The molecule has 0 fully saturated rings. The first kappa shape index (κ1) is 14.0. The molecule has 0 heterocycles. The van der Waals surface area contributed by atoms with Crippen molar-refractivity contribution in [2.45, 2.75) is 46.1 Å². The molecule has 1 aromatic rings. The number of ether oxygens (including phenoxy) is 1. The van der Waals surface area contributed by atoms with Crippen molar-refractivity contribution in [3.63, 3.8) is 0 Å². The summed E-state index contributed by atoms with van der Waals surface area (Å²) in [7, 11) is 0. The smallest absolute Gasteiger partial charge is 0.0716 e. The minimum Gasteiger partial charge on any atom is -0.377 e. The summed E-state index contributed by atoms with van der Waals surface area (Å²) >= 11 is 0. The van der Waals surface area contributed by atoms with Crippen LogP contribution in [-0.2, 0) is 11.3 Å². The van der Waals surface area contributed by atoms with Gasteiger partial charge >= 0.3 is 0 Å². The van der Waals surface area contributed by atoms with Gasteiger partial charge in [0, 0.05) is 6.61 Å². The molecule has 1 heteroatoms. The van der Waals surface area contributed by atoms with Gasteiger partial charge in [-0.1, -0.05) is 48.4 Å². The van der Waals surface area contributed by atoms with E-state index in [1.807, 2.05) is 6.07 Å². The molecule has 0 radical (unpaired) electrons. The molecule has 94 valence electrons. The van der Waals surface area contributed by atoms with Crippen molar-refractivity contribution in [1.82, 2.24) is 0 Å². The number of hydrogen-bond donors (Lipinski definition) is 0. The standard InChI is InChI=1S/C16H24O/c1-3-15(2)10-6-5-9-13-17-14-16-11-7-4-8-12-16/h3-4,7-8,11-12H,5-6,9-10,13-14H2,1-2H3/b15-3+. The maximum Gasteiger partial charge on any atom is 0.0716 e. The first-order valence-corrected chi connectivity index (χ1v) is 6.56. The fourth-order valence-electron chi connectivity index (χ4n) is 1.69. The van der Waals surface area contributed by atoms with E-state index in [-0.39, 0.29) is 0 Å². The summed E-state index contributed by atoms with van der Waals surface area (Å²) in [4.78, 5) is 0. The molecule has 1 nitrogen and oxygen atoms in total. The van der Waals surface area contributed by atoms with Crippen molar-refractivity contribution in [2.24, 2.45) is 0 Å². The van der Waals surface area contributed by atoms with Gasteiger partial charge in [0.2, 0.25) is 0 Å². The molecule has 17 heavy (non-hydrogen) atoms. The Bertz CT molecular complexity index is 314. The Balaban J connectivity index is 1.95. The van der Waals surface area contributed by atoms with Crippen molar-refractivity contribution >= 4 is 0 Å². The van der Waals surface area contributed by atoms with E-state index in [0.29, 0.717) is 0 Å². The van der Waals surface area contributed by atoms with Crippen LogP contribution in [0.1, 0.15) is 45.1 Å². The van der Waals surface area contributed by atoms with Crippen LogP contribution in [0.3, 0.4) is 0 Å². The minimum atomic E-state index is 0.745. The van der Waals surface area contributed by atoms with Crippen molar-refractivity contribution < 1.29 is 4.74 Å². The number of allylic oxidation sites excluding steroid dienone is 2. The molecule has 0 saturated heterocycles. The van der Waals surface area contributed by atoms with Crippen LogP contribution in [0.5, 0.6) is 0 Å². The van der Waals surface area contributed by atoms with Crippen LogP contribution in [0, 0.1) is 0 Å². The Morgan fingerprint density at radius 3 is 2.59 bits per heavy atom. The Labute approximate surface area is 106 Å². The zero-order valence-electron chi connectivity index (χ0n) is 11.1. The molecule has 1 rings (SSSR count). The normalized spacial score (nSPS) is 11.8. The predicted molar refractivity (Wildman–Crippen MR) is 74.0 cm³/mol. The van der Waals surface area contributed by atoms with E-state index in [4.69, 9.17) is 4.74 Å². The van der Waals surface area contributed by atoms with Crippen molar-refractivity contribution in [2.75, 3.05) is 6.61 Å². The van der Waals surface area contributed by atoms with Crippen LogP contribution in [-0.4, -0.2) is 6.61 Å². The molecule has 0 bridgehead atoms. The van der Waals surface area contributed by atoms with Crippen LogP contribution in [0.4, 0.5) is 0 Å². The summed E-state index contributed by atoms with van der Waals surface area (Å²) in [6.07, 6.45) is 7.15. The van der Waals surface area contributed by atoms with E-state index in [1.54, 1.807) is 0 Å². The van der Waals surface area contributed by atoms with E-state index in [0.717, 1.165) is 13.2 Å². The van der Waals surface area contributed by atoms with Gasteiger partial charge < -0.3 is 4.74 Å². The van der Waals surface area contributed by atoms with Gasteiger partial charge in [-0.25, -0.2) is 0 Å². The SMILES string of the molecule is C/C=C(\C)CCCCCOCc1ccccc1. The lowest BCUT2D eigenvalue weighted by Gasteiger charge is -2.04. The third-order valence-electron chi connectivity index (χ3n) is 2.96. The molecule has 1 aromatic carbocycles. The first-order valence-electron chi connectivity index (χ1n) is 6.56. The van der Waals surface area contributed by atoms with E-state index in [9.17, 15) is 0 Å². The molecule has 0 spiro atoms. The van der Waals surface area contributed by atoms with Crippen LogP contribution in [0.25, 0.3) is 0 Å². The molecule has 0 atom stereocenters. The van der Waals surface area contributed by atoms with Gasteiger partial charge in [-0.3, -0.25) is 0 Å². The highest BCUT2D eigenvalue weighted by atomic mass is 16.5. The molecule has 0 amide bonds. The number of unbranched alkanes of at least 4 members (excludes halogenated alkanes) is 2. The zero-order chi connectivity index (χ0) is 12.3. The molecule has 0 aliphatic rings. The van der Waals surface area contributed by atoms with E-state index in [2.05, 4.69) is 44.2 Å². The number of benzene rings is 1. The monoisotopic (exact) mass is 232 g/mol. The molecule has 0 aromatic heterocycles. The predicted octanol–water partition coefficient (Wildman–Crippen LogP) is 4.73. The molecule has 0 saturated carbocycles. The Morgan fingerprint density at radius 1 is 1.12 bits per heavy atom. The first-order chi connectivity index (χ1) is 8.33. The van der Waals surface area contributed by atoms with Crippen LogP contribution in [0.2, 0.25) is 0 Å². The Hall–Kier alpha value is -1.08. The fourth-order valence-corrected chi connectivity index (χ4v) is 1.69. The lowest BCUT2D eigenvalue weighted by Crippen LogP contribution is -1.95. The molecule has 0 aliphatic carbocycles. The molecule has 0 unspecified atom stereocenters. The van der Waals surface area contributed by atoms with Gasteiger partial charge in [0.05, 0.1) is 6.61 Å². The van der Waals surface area contributed by atoms with E-state index >= 15 is 0 Å². The average molecular weight is 232 g/mol. The van der Waals surface area contributed by atoms with E-state index < -0.39 is 0 Å². The van der Waals surface area contributed by atoms with Gasteiger partial charge in [-0.15, -0.1) is 0 Å². The van der Waals surface area contributed by atoms with Crippen molar-refractivity contribution in [1.29, 1.82) is 0 Å². The van der Waals surface area contributed by atoms with E-state index in [1.165, 1.54) is 36.8 Å². The molecule has 0 aliphatic heterocycles. The third-order valence-corrected chi connectivity index (χ3v) is 2.96. The van der Waals surface area contributed by atoms with Gasteiger partial charge in [-0.2, -0.15) is 0 Å². The van der Waals surface area contributed by atoms with Gasteiger partial charge in [-0.05, 0) is 38.7 Å². The fraction of sp³-hybridized carbons (Fsp3) is 0.500. The van der Waals surface area contributed by atoms with Crippen LogP contribution < -0.4 is 0 Å².